The highest BCUT2D eigenvalue weighted by atomic mass is 17.1. The lowest BCUT2D eigenvalue weighted by atomic mass is 9.46. The fourth-order valence-corrected chi connectivity index (χ4v) is 8.84. The second-order valence-corrected chi connectivity index (χ2v) is 12.3. The van der Waals surface area contributed by atoms with Crippen molar-refractivity contribution in [3.63, 3.8) is 0 Å². The maximum Gasteiger partial charge on any atom is 0.144 e. The molecule has 30 heavy (non-hydrogen) atoms. The number of allylic oxidation sites excluding steroid dienone is 1. The van der Waals surface area contributed by atoms with Gasteiger partial charge in [-0.05, 0) is 102 Å². The first-order valence-corrected chi connectivity index (χ1v) is 12.9. The Balaban J connectivity index is 1.52. The molecule has 0 aliphatic heterocycles. The number of hydrogen-bond acceptors (Lipinski definition) is 2. The lowest BCUT2D eigenvalue weighted by molar-refractivity contribution is -0.346. The minimum absolute atomic E-state index is 0.0412. The molecule has 0 amide bonds. The predicted molar refractivity (Wildman–Crippen MR) is 120 cm³/mol. The van der Waals surface area contributed by atoms with Crippen molar-refractivity contribution in [1.82, 2.24) is 0 Å². The van der Waals surface area contributed by atoms with Crippen molar-refractivity contribution in [2.75, 3.05) is 0 Å². The Bertz CT molecular complexity index is 642. The van der Waals surface area contributed by atoms with Gasteiger partial charge in [-0.3, -0.25) is 0 Å². The summed E-state index contributed by atoms with van der Waals surface area (Å²) >= 11 is 0. The Morgan fingerprint density at radius 3 is 2.53 bits per heavy atom. The highest BCUT2D eigenvalue weighted by Crippen LogP contribution is 2.67. The highest BCUT2D eigenvalue weighted by Gasteiger charge is 2.60. The smallest absolute Gasteiger partial charge is 0.144 e. The zero-order chi connectivity index (χ0) is 21.7. The van der Waals surface area contributed by atoms with Crippen LogP contribution in [0.25, 0.3) is 0 Å². The van der Waals surface area contributed by atoms with Crippen molar-refractivity contribution in [1.29, 1.82) is 0 Å². The van der Waals surface area contributed by atoms with Gasteiger partial charge in [0.15, 0.2) is 0 Å². The summed E-state index contributed by atoms with van der Waals surface area (Å²) in [4.78, 5) is 4.56. The molecule has 3 heteroatoms. The van der Waals surface area contributed by atoms with Gasteiger partial charge in [-0.1, -0.05) is 60.0 Å². The van der Waals surface area contributed by atoms with E-state index in [-0.39, 0.29) is 5.41 Å². The SMILES string of the molecule is CC(C)CCC[C@@H](C)[C@H]1CC[C@H]2[C@@H]3CC=C4C(O[O])[C@@H](O)CC[C@]4(C)[C@H]3CC[C@]12C. The van der Waals surface area contributed by atoms with E-state index in [0.717, 1.165) is 48.0 Å². The number of aliphatic hydroxyl groups is 1. The molecule has 4 aliphatic carbocycles. The Morgan fingerprint density at radius 2 is 1.83 bits per heavy atom. The summed E-state index contributed by atoms with van der Waals surface area (Å²) in [6.45, 7) is 12.2. The highest BCUT2D eigenvalue weighted by molar-refractivity contribution is 5.29. The van der Waals surface area contributed by atoms with Crippen LogP contribution in [-0.2, 0) is 10.1 Å². The summed E-state index contributed by atoms with van der Waals surface area (Å²) in [6.07, 6.45) is 13.4. The largest absolute Gasteiger partial charge is 0.390 e. The van der Waals surface area contributed by atoms with Gasteiger partial charge in [-0.2, -0.15) is 4.89 Å². The molecule has 0 aromatic heterocycles. The molecular formula is C27H45O3. The molecule has 4 rings (SSSR count). The number of aliphatic hydroxyl groups excluding tert-OH is 1. The van der Waals surface area contributed by atoms with Gasteiger partial charge in [0.2, 0.25) is 0 Å². The number of rotatable bonds is 6. The third-order valence-electron chi connectivity index (χ3n) is 10.4. The zero-order valence-electron chi connectivity index (χ0n) is 20.0. The van der Waals surface area contributed by atoms with Crippen LogP contribution >= 0.6 is 0 Å². The molecule has 1 unspecified atom stereocenters. The molecule has 0 heterocycles. The molecule has 0 saturated heterocycles. The van der Waals surface area contributed by atoms with E-state index in [4.69, 9.17) is 0 Å². The van der Waals surface area contributed by atoms with Crippen LogP contribution in [-0.4, -0.2) is 17.3 Å². The van der Waals surface area contributed by atoms with E-state index in [2.05, 4.69) is 45.6 Å². The monoisotopic (exact) mass is 417 g/mol. The summed E-state index contributed by atoms with van der Waals surface area (Å²) < 4.78 is 0. The van der Waals surface area contributed by atoms with Crippen molar-refractivity contribution < 1.29 is 15.3 Å². The summed E-state index contributed by atoms with van der Waals surface area (Å²) in [7, 11) is 0. The van der Waals surface area contributed by atoms with E-state index < -0.39 is 12.2 Å². The van der Waals surface area contributed by atoms with E-state index in [1.54, 1.807) is 0 Å². The summed E-state index contributed by atoms with van der Waals surface area (Å²) in [6, 6.07) is 0. The normalized spacial score (nSPS) is 46.7. The van der Waals surface area contributed by atoms with E-state index >= 15 is 0 Å². The summed E-state index contributed by atoms with van der Waals surface area (Å²) in [5.41, 5.74) is 1.65. The molecular weight excluding hydrogens is 372 g/mol. The van der Waals surface area contributed by atoms with Crippen LogP contribution < -0.4 is 0 Å². The first kappa shape index (κ1) is 22.8. The van der Waals surface area contributed by atoms with Crippen LogP contribution in [0.15, 0.2) is 11.6 Å². The van der Waals surface area contributed by atoms with Gasteiger partial charge in [-0.25, -0.2) is 0 Å². The minimum Gasteiger partial charge on any atom is -0.390 e. The quantitative estimate of drug-likeness (QED) is 0.296. The molecule has 0 spiro atoms. The standard InChI is InChI=1S/C27H45O3/c1-17(2)7-6-8-18(3)20-11-12-21-19-9-10-23-25(30-29)24(28)14-16-27(23,5)22(19)13-15-26(20,21)4/h10,17-22,24-25,28H,6-9,11-16H2,1-5H3/t18-,19+,20-,21+,22+,24+,25?,26-,27-/m1/s1. The maximum absolute atomic E-state index is 11.4. The third kappa shape index (κ3) is 3.61. The van der Waals surface area contributed by atoms with Crippen LogP contribution in [0.1, 0.15) is 98.8 Å². The lowest BCUT2D eigenvalue weighted by Gasteiger charge is -2.59. The van der Waals surface area contributed by atoms with Gasteiger partial charge in [-0.15, -0.1) is 0 Å². The van der Waals surface area contributed by atoms with Crippen molar-refractivity contribution in [2.45, 2.75) is 111 Å². The first-order chi connectivity index (χ1) is 14.2. The molecule has 3 saturated carbocycles. The van der Waals surface area contributed by atoms with Crippen LogP contribution in [0.4, 0.5) is 0 Å². The fraction of sp³-hybridized carbons (Fsp3) is 0.926. The molecule has 3 nitrogen and oxygen atoms in total. The van der Waals surface area contributed by atoms with Crippen LogP contribution in [0, 0.1) is 46.3 Å². The Hall–Kier alpha value is -0.380. The van der Waals surface area contributed by atoms with Gasteiger partial charge in [0.1, 0.15) is 6.10 Å². The van der Waals surface area contributed by atoms with E-state index in [0.29, 0.717) is 17.8 Å². The minimum atomic E-state index is -0.630. The average Bonchev–Trinajstić information content (AvgIpc) is 3.05. The van der Waals surface area contributed by atoms with Gasteiger partial charge < -0.3 is 5.11 Å². The second kappa shape index (κ2) is 8.52. The van der Waals surface area contributed by atoms with Crippen molar-refractivity contribution in [3.05, 3.63) is 11.6 Å². The Labute approximate surface area is 184 Å². The predicted octanol–water partition coefficient (Wildman–Crippen LogP) is 6.73. The van der Waals surface area contributed by atoms with Crippen molar-refractivity contribution in [3.8, 4) is 0 Å². The molecule has 4 aliphatic rings. The third-order valence-corrected chi connectivity index (χ3v) is 10.4. The van der Waals surface area contributed by atoms with E-state index in [1.807, 2.05) is 0 Å². The Morgan fingerprint density at radius 1 is 1.07 bits per heavy atom. The van der Waals surface area contributed by atoms with Crippen LogP contribution in [0.5, 0.6) is 0 Å². The lowest BCUT2D eigenvalue weighted by Crippen LogP contribution is -2.54. The molecule has 1 N–H and O–H groups in total. The van der Waals surface area contributed by atoms with Crippen molar-refractivity contribution in [2.24, 2.45) is 46.3 Å². The topological polar surface area (TPSA) is 49.4 Å². The summed E-state index contributed by atoms with van der Waals surface area (Å²) in [5, 5.41) is 21.8. The molecule has 0 bridgehead atoms. The molecule has 1 radical (unpaired) electrons. The maximum atomic E-state index is 11.4. The second-order valence-electron chi connectivity index (χ2n) is 12.3. The molecule has 3 fully saturated rings. The Kier molecular flexibility index (Phi) is 6.48. The fourth-order valence-electron chi connectivity index (χ4n) is 8.84. The molecule has 0 aromatic carbocycles. The van der Waals surface area contributed by atoms with Crippen LogP contribution in [0.3, 0.4) is 0 Å². The first-order valence-electron chi connectivity index (χ1n) is 12.9. The number of fused-ring (bicyclic) bond motifs is 5. The zero-order valence-corrected chi connectivity index (χ0v) is 20.0. The van der Waals surface area contributed by atoms with Gasteiger partial charge in [0.25, 0.3) is 0 Å². The van der Waals surface area contributed by atoms with Gasteiger partial charge >= 0.3 is 0 Å². The average molecular weight is 418 g/mol. The number of hydrogen-bond donors (Lipinski definition) is 1. The van der Waals surface area contributed by atoms with E-state index in [9.17, 15) is 10.4 Å². The molecule has 9 atom stereocenters. The molecule has 171 valence electrons. The molecule has 0 aromatic rings. The summed E-state index contributed by atoms with van der Waals surface area (Å²) in [5.74, 6) is 4.74. The van der Waals surface area contributed by atoms with Gasteiger partial charge in [0.05, 0.1) is 6.10 Å². The van der Waals surface area contributed by atoms with Crippen molar-refractivity contribution >= 4 is 0 Å². The van der Waals surface area contributed by atoms with E-state index in [1.165, 1.54) is 44.9 Å². The van der Waals surface area contributed by atoms with Gasteiger partial charge in [0, 0.05) is 0 Å². The van der Waals surface area contributed by atoms with Crippen LogP contribution in [0.2, 0.25) is 0 Å².